The van der Waals surface area contributed by atoms with E-state index in [2.05, 4.69) is 36.2 Å². The van der Waals surface area contributed by atoms with Crippen molar-refractivity contribution >= 4 is 17.2 Å². The molecule has 0 bridgehead atoms. The predicted molar refractivity (Wildman–Crippen MR) is 89.3 cm³/mol. The maximum Gasteiger partial charge on any atom is 0.272 e. The van der Waals surface area contributed by atoms with E-state index in [1.54, 1.807) is 11.3 Å². The van der Waals surface area contributed by atoms with E-state index in [-0.39, 0.29) is 11.4 Å². The van der Waals surface area contributed by atoms with Gasteiger partial charge in [-0.05, 0) is 54.5 Å². The standard InChI is InChI=1S/C16H24N4OS/c1-10-9-22-14(17-10)16(6,7)18-13(21)12-8-11(2)20(19-12)15(3,4)5/h8-9H,1-7H3,(H,18,21). The Morgan fingerprint density at radius 3 is 2.32 bits per heavy atom. The first-order chi connectivity index (χ1) is 10.0. The molecule has 5 nitrogen and oxygen atoms in total. The first-order valence-corrected chi connectivity index (χ1v) is 8.21. The molecule has 0 saturated carbocycles. The van der Waals surface area contributed by atoms with E-state index in [9.17, 15) is 4.79 Å². The van der Waals surface area contributed by atoms with Crippen LogP contribution >= 0.6 is 11.3 Å². The fourth-order valence-electron chi connectivity index (χ4n) is 2.31. The molecule has 120 valence electrons. The van der Waals surface area contributed by atoms with Gasteiger partial charge in [0.2, 0.25) is 0 Å². The lowest BCUT2D eigenvalue weighted by molar-refractivity contribution is 0.0905. The monoisotopic (exact) mass is 320 g/mol. The van der Waals surface area contributed by atoms with Crippen LogP contribution in [-0.2, 0) is 11.1 Å². The molecule has 0 atom stereocenters. The van der Waals surface area contributed by atoms with Crippen molar-refractivity contribution in [3.8, 4) is 0 Å². The number of hydrogen-bond acceptors (Lipinski definition) is 4. The van der Waals surface area contributed by atoms with Crippen LogP contribution in [0.15, 0.2) is 11.4 Å². The molecule has 0 radical (unpaired) electrons. The molecule has 0 spiro atoms. The van der Waals surface area contributed by atoms with E-state index in [1.165, 1.54) is 0 Å². The van der Waals surface area contributed by atoms with Crippen LogP contribution in [0, 0.1) is 13.8 Å². The van der Waals surface area contributed by atoms with Gasteiger partial charge in [-0.2, -0.15) is 5.10 Å². The number of nitrogens with zero attached hydrogens (tertiary/aromatic N) is 3. The van der Waals surface area contributed by atoms with Gasteiger partial charge in [0.1, 0.15) is 10.7 Å². The number of carbonyl (C=O) groups excluding carboxylic acids is 1. The Bertz CT molecular complexity index is 691. The summed E-state index contributed by atoms with van der Waals surface area (Å²) < 4.78 is 1.88. The van der Waals surface area contributed by atoms with Crippen molar-refractivity contribution in [3.05, 3.63) is 33.5 Å². The first-order valence-electron chi connectivity index (χ1n) is 7.33. The summed E-state index contributed by atoms with van der Waals surface area (Å²) in [5.41, 5.74) is 1.71. The van der Waals surface area contributed by atoms with Crippen LogP contribution in [0.3, 0.4) is 0 Å². The Morgan fingerprint density at radius 2 is 1.86 bits per heavy atom. The lowest BCUT2D eigenvalue weighted by atomic mass is 10.1. The minimum Gasteiger partial charge on any atom is -0.339 e. The maximum absolute atomic E-state index is 12.5. The molecule has 0 saturated heterocycles. The van der Waals surface area contributed by atoms with E-state index in [1.807, 2.05) is 43.8 Å². The summed E-state index contributed by atoms with van der Waals surface area (Å²) in [5.74, 6) is -0.177. The SMILES string of the molecule is Cc1csc(C(C)(C)NC(=O)c2cc(C)n(C(C)(C)C)n2)n1. The Morgan fingerprint density at radius 1 is 1.23 bits per heavy atom. The van der Waals surface area contributed by atoms with Gasteiger partial charge in [0.15, 0.2) is 0 Å². The number of aromatic nitrogens is 3. The Labute approximate surface area is 135 Å². The Balaban J connectivity index is 2.22. The summed E-state index contributed by atoms with van der Waals surface area (Å²) in [6, 6.07) is 1.82. The smallest absolute Gasteiger partial charge is 0.272 e. The van der Waals surface area contributed by atoms with Gasteiger partial charge in [-0.3, -0.25) is 9.48 Å². The lowest BCUT2D eigenvalue weighted by Gasteiger charge is -2.23. The van der Waals surface area contributed by atoms with Crippen LogP contribution in [0.25, 0.3) is 0 Å². The van der Waals surface area contributed by atoms with Crippen molar-refractivity contribution < 1.29 is 4.79 Å². The molecule has 1 amide bonds. The van der Waals surface area contributed by atoms with Crippen LogP contribution in [0.2, 0.25) is 0 Å². The molecule has 2 aromatic heterocycles. The largest absolute Gasteiger partial charge is 0.339 e. The Hall–Kier alpha value is -1.69. The highest BCUT2D eigenvalue weighted by atomic mass is 32.1. The topological polar surface area (TPSA) is 59.8 Å². The number of nitrogens with one attached hydrogen (secondary N) is 1. The van der Waals surface area contributed by atoms with Crippen LogP contribution in [0.1, 0.15) is 61.5 Å². The zero-order valence-electron chi connectivity index (χ0n) is 14.3. The highest BCUT2D eigenvalue weighted by molar-refractivity contribution is 7.09. The molecule has 1 N–H and O–H groups in total. The van der Waals surface area contributed by atoms with Crippen molar-refractivity contribution in [1.29, 1.82) is 0 Å². The molecular weight excluding hydrogens is 296 g/mol. The van der Waals surface area contributed by atoms with Crippen molar-refractivity contribution in [1.82, 2.24) is 20.1 Å². The van der Waals surface area contributed by atoms with Crippen molar-refractivity contribution in [2.24, 2.45) is 0 Å². The highest BCUT2D eigenvalue weighted by Crippen LogP contribution is 2.24. The third kappa shape index (κ3) is 3.38. The summed E-state index contributed by atoms with van der Waals surface area (Å²) in [7, 11) is 0. The molecule has 2 aromatic rings. The summed E-state index contributed by atoms with van der Waals surface area (Å²) >= 11 is 1.55. The third-order valence-corrected chi connectivity index (χ3v) is 4.62. The molecule has 0 aromatic carbocycles. The fraction of sp³-hybridized carbons (Fsp3) is 0.562. The number of carbonyl (C=O) groups is 1. The van der Waals surface area contributed by atoms with Gasteiger partial charge in [0, 0.05) is 16.8 Å². The summed E-state index contributed by atoms with van der Waals surface area (Å²) in [6.45, 7) is 14.0. The molecule has 0 aliphatic rings. The molecule has 0 aliphatic heterocycles. The van der Waals surface area contributed by atoms with Crippen molar-refractivity contribution in [2.45, 2.75) is 59.5 Å². The average Bonchev–Trinajstić information content (AvgIpc) is 2.94. The fourth-order valence-corrected chi connectivity index (χ4v) is 3.18. The number of hydrogen-bond donors (Lipinski definition) is 1. The molecule has 0 fully saturated rings. The van der Waals surface area contributed by atoms with E-state index < -0.39 is 5.54 Å². The zero-order valence-corrected chi connectivity index (χ0v) is 15.1. The highest BCUT2D eigenvalue weighted by Gasteiger charge is 2.28. The molecule has 6 heteroatoms. The summed E-state index contributed by atoms with van der Waals surface area (Å²) in [5, 5.41) is 10.4. The number of amides is 1. The van der Waals surface area contributed by atoms with Gasteiger partial charge in [0.05, 0.1) is 11.1 Å². The van der Waals surface area contributed by atoms with Crippen LogP contribution in [0.5, 0.6) is 0 Å². The molecule has 0 aliphatic carbocycles. The molecule has 0 unspecified atom stereocenters. The maximum atomic E-state index is 12.5. The van der Waals surface area contributed by atoms with Gasteiger partial charge in [-0.15, -0.1) is 11.3 Å². The second-order valence-corrected chi connectivity index (χ2v) is 7.98. The van der Waals surface area contributed by atoms with Gasteiger partial charge < -0.3 is 5.32 Å². The van der Waals surface area contributed by atoms with E-state index in [0.29, 0.717) is 5.69 Å². The van der Waals surface area contributed by atoms with Crippen LogP contribution < -0.4 is 5.32 Å². The third-order valence-electron chi connectivity index (χ3n) is 3.34. The van der Waals surface area contributed by atoms with Gasteiger partial charge in [-0.1, -0.05) is 0 Å². The normalized spacial score (nSPS) is 12.5. The molecule has 2 heterocycles. The summed E-state index contributed by atoms with van der Waals surface area (Å²) in [6.07, 6.45) is 0. The van der Waals surface area contributed by atoms with E-state index in [4.69, 9.17) is 0 Å². The quantitative estimate of drug-likeness (QED) is 0.943. The molecule has 2 rings (SSSR count). The van der Waals surface area contributed by atoms with Crippen LogP contribution in [-0.4, -0.2) is 20.7 Å². The van der Waals surface area contributed by atoms with Crippen LogP contribution in [0.4, 0.5) is 0 Å². The minimum absolute atomic E-state index is 0.148. The second-order valence-electron chi connectivity index (χ2n) is 7.13. The number of aryl methyl sites for hydroxylation is 2. The predicted octanol–water partition coefficient (Wildman–Crippen LogP) is 3.38. The van der Waals surface area contributed by atoms with E-state index in [0.717, 1.165) is 16.4 Å². The van der Waals surface area contributed by atoms with Crippen molar-refractivity contribution in [3.63, 3.8) is 0 Å². The number of thiazole rings is 1. The second kappa shape index (κ2) is 5.50. The van der Waals surface area contributed by atoms with E-state index >= 15 is 0 Å². The van der Waals surface area contributed by atoms with Crippen molar-refractivity contribution in [2.75, 3.05) is 0 Å². The van der Waals surface area contributed by atoms with Gasteiger partial charge in [-0.25, -0.2) is 4.98 Å². The van der Waals surface area contributed by atoms with Gasteiger partial charge in [0.25, 0.3) is 5.91 Å². The average molecular weight is 320 g/mol. The minimum atomic E-state index is -0.518. The lowest BCUT2D eigenvalue weighted by Crippen LogP contribution is -2.41. The number of rotatable bonds is 3. The molecule has 22 heavy (non-hydrogen) atoms. The zero-order chi connectivity index (χ0) is 16.7. The molecular formula is C16H24N4OS. The Kier molecular flexibility index (Phi) is 4.17. The summed E-state index contributed by atoms with van der Waals surface area (Å²) in [4.78, 5) is 17.0. The first kappa shape index (κ1) is 16.7. The van der Waals surface area contributed by atoms with Gasteiger partial charge >= 0.3 is 0 Å².